The van der Waals surface area contributed by atoms with Gasteiger partial charge in [-0.25, -0.2) is 0 Å². The van der Waals surface area contributed by atoms with Crippen LogP contribution in [0.15, 0.2) is 0 Å². The molecule has 2 rings (SSSR count). The van der Waals surface area contributed by atoms with Gasteiger partial charge in [-0.1, -0.05) is 0 Å². The standard InChI is InChI=1S/C8H16N2O/c1-9-8-6-3-2-4-10(6)5-7(8)11/h6-9,11H,2-5H2,1H3/t6?,7-,8-/m1/s1. The van der Waals surface area contributed by atoms with E-state index in [-0.39, 0.29) is 6.10 Å². The van der Waals surface area contributed by atoms with E-state index >= 15 is 0 Å². The molecule has 64 valence electrons. The van der Waals surface area contributed by atoms with Crippen molar-refractivity contribution in [3.05, 3.63) is 0 Å². The van der Waals surface area contributed by atoms with Gasteiger partial charge >= 0.3 is 0 Å². The molecule has 1 unspecified atom stereocenters. The Kier molecular flexibility index (Phi) is 1.87. The number of hydrogen-bond acceptors (Lipinski definition) is 3. The van der Waals surface area contributed by atoms with Crippen molar-refractivity contribution in [2.75, 3.05) is 20.1 Å². The van der Waals surface area contributed by atoms with E-state index in [2.05, 4.69) is 10.2 Å². The SMILES string of the molecule is CN[C@@H]1C2CCCN2C[C@H]1O. The summed E-state index contributed by atoms with van der Waals surface area (Å²) in [6.07, 6.45) is 2.41. The molecule has 0 spiro atoms. The van der Waals surface area contributed by atoms with Crippen LogP contribution in [-0.4, -0.2) is 48.3 Å². The van der Waals surface area contributed by atoms with Gasteiger partial charge in [-0.3, -0.25) is 4.90 Å². The summed E-state index contributed by atoms with van der Waals surface area (Å²) in [7, 11) is 1.94. The second-order valence-corrected chi connectivity index (χ2v) is 3.59. The van der Waals surface area contributed by atoms with Crippen molar-refractivity contribution >= 4 is 0 Å². The Morgan fingerprint density at radius 3 is 3.09 bits per heavy atom. The number of likely N-dealkylation sites (N-methyl/N-ethyl adjacent to an activating group) is 1. The predicted octanol–water partition coefficient (Wildman–Crippen LogP) is -0.587. The van der Waals surface area contributed by atoms with E-state index in [0.29, 0.717) is 12.1 Å². The summed E-state index contributed by atoms with van der Waals surface area (Å²) in [6.45, 7) is 2.05. The van der Waals surface area contributed by atoms with Crippen LogP contribution in [-0.2, 0) is 0 Å². The summed E-state index contributed by atoms with van der Waals surface area (Å²) in [4.78, 5) is 2.39. The highest BCUT2D eigenvalue weighted by Gasteiger charge is 2.41. The molecule has 2 aliphatic rings. The Bertz CT molecular complexity index is 151. The van der Waals surface area contributed by atoms with Crippen LogP contribution in [0, 0.1) is 0 Å². The Morgan fingerprint density at radius 1 is 1.55 bits per heavy atom. The Morgan fingerprint density at radius 2 is 2.36 bits per heavy atom. The number of fused-ring (bicyclic) bond motifs is 1. The molecule has 3 nitrogen and oxygen atoms in total. The maximum absolute atomic E-state index is 9.59. The highest BCUT2D eigenvalue weighted by Crippen LogP contribution is 2.27. The largest absolute Gasteiger partial charge is 0.390 e. The lowest BCUT2D eigenvalue weighted by atomic mass is 10.1. The van der Waals surface area contributed by atoms with Gasteiger partial charge in [0.15, 0.2) is 0 Å². The molecule has 11 heavy (non-hydrogen) atoms. The third kappa shape index (κ3) is 1.08. The van der Waals surface area contributed by atoms with E-state index in [4.69, 9.17) is 0 Å². The van der Waals surface area contributed by atoms with Crippen LogP contribution in [0.5, 0.6) is 0 Å². The number of rotatable bonds is 1. The van der Waals surface area contributed by atoms with Crippen molar-refractivity contribution in [3.8, 4) is 0 Å². The van der Waals surface area contributed by atoms with Gasteiger partial charge in [0, 0.05) is 18.6 Å². The van der Waals surface area contributed by atoms with Crippen molar-refractivity contribution in [1.29, 1.82) is 0 Å². The van der Waals surface area contributed by atoms with Gasteiger partial charge in [-0.2, -0.15) is 0 Å². The lowest BCUT2D eigenvalue weighted by Crippen LogP contribution is -2.42. The zero-order valence-electron chi connectivity index (χ0n) is 6.95. The van der Waals surface area contributed by atoms with E-state index in [1.807, 2.05) is 7.05 Å². The maximum atomic E-state index is 9.59. The molecule has 3 heteroatoms. The first-order valence-electron chi connectivity index (χ1n) is 4.42. The first-order valence-corrected chi connectivity index (χ1v) is 4.42. The lowest BCUT2D eigenvalue weighted by molar-refractivity contribution is 0.154. The molecule has 0 aromatic rings. The fraction of sp³-hybridized carbons (Fsp3) is 1.00. The zero-order valence-corrected chi connectivity index (χ0v) is 6.95. The predicted molar refractivity (Wildman–Crippen MR) is 43.4 cm³/mol. The normalized spacial score (nSPS) is 44.7. The summed E-state index contributed by atoms with van der Waals surface area (Å²) in [5.41, 5.74) is 0. The molecule has 0 saturated carbocycles. The van der Waals surface area contributed by atoms with Gasteiger partial charge in [0.1, 0.15) is 0 Å². The molecule has 0 amide bonds. The Labute approximate surface area is 67.4 Å². The number of nitrogens with one attached hydrogen (secondary N) is 1. The number of aliphatic hydroxyl groups excluding tert-OH is 1. The third-order valence-electron chi connectivity index (χ3n) is 3.00. The van der Waals surface area contributed by atoms with Gasteiger partial charge in [0.2, 0.25) is 0 Å². The quantitative estimate of drug-likeness (QED) is 0.533. The summed E-state index contributed by atoms with van der Waals surface area (Å²) in [5.74, 6) is 0. The second kappa shape index (κ2) is 2.73. The highest BCUT2D eigenvalue weighted by molar-refractivity contribution is 5.00. The van der Waals surface area contributed by atoms with Crippen molar-refractivity contribution in [3.63, 3.8) is 0 Å². The van der Waals surface area contributed by atoms with Crippen molar-refractivity contribution < 1.29 is 5.11 Å². The van der Waals surface area contributed by atoms with E-state index in [0.717, 1.165) is 6.54 Å². The number of hydrogen-bond donors (Lipinski definition) is 2. The van der Waals surface area contributed by atoms with Crippen LogP contribution in [0.2, 0.25) is 0 Å². The van der Waals surface area contributed by atoms with Crippen molar-refractivity contribution in [1.82, 2.24) is 10.2 Å². The van der Waals surface area contributed by atoms with E-state index in [1.165, 1.54) is 19.4 Å². The average molecular weight is 156 g/mol. The van der Waals surface area contributed by atoms with Crippen LogP contribution in [0.4, 0.5) is 0 Å². The molecule has 2 heterocycles. The summed E-state index contributed by atoms with van der Waals surface area (Å²) < 4.78 is 0. The second-order valence-electron chi connectivity index (χ2n) is 3.59. The monoisotopic (exact) mass is 156 g/mol. The van der Waals surface area contributed by atoms with Crippen LogP contribution in [0.25, 0.3) is 0 Å². The minimum Gasteiger partial charge on any atom is -0.390 e. The molecule has 0 aromatic carbocycles. The third-order valence-corrected chi connectivity index (χ3v) is 3.00. The molecule has 0 aliphatic carbocycles. The van der Waals surface area contributed by atoms with Gasteiger partial charge in [0.05, 0.1) is 6.10 Å². The van der Waals surface area contributed by atoms with Crippen LogP contribution >= 0.6 is 0 Å². The van der Waals surface area contributed by atoms with Crippen molar-refractivity contribution in [2.45, 2.75) is 31.0 Å². The summed E-state index contributed by atoms with van der Waals surface area (Å²) in [5, 5.41) is 12.8. The van der Waals surface area contributed by atoms with Gasteiger partial charge in [0.25, 0.3) is 0 Å². The van der Waals surface area contributed by atoms with Gasteiger partial charge < -0.3 is 10.4 Å². The smallest absolute Gasteiger partial charge is 0.0835 e. The molecule has 2 N–H and O–H groups in total. The van der Waals surface area contributed by atoms with Crippen molar-refractivity contribution in [2.24, 2.45) is 0 Å². The molecule has 0 aromatic heterocycles. The Balaban J connectivity index is 2.07. The first kappa shape index (κ1) is 7.53. The maximum Gasteiger partial charge on any atom is 0.0835 e. The zero-order chi connectivity index (χ0) is 7.84. The molecular weight excluding hydrogens is 140 g/mol. The van der Waals surface area contributed by atoms with E-state index in [1.54, 1.807) is 0 Å². The topological polar surface area (TPSA) is 35.5 Å². The highest BCUT2D eigenvalue weighted by atomic mass is 16.3. The van der Waals surface area contributed by atoms with E-state index < -0.39 is 0 Å². The van der Waals surface area contributed by atoms with Crippen LogP contribution in [0.3, 0.4) is 0 Å². The minimum atomic E-state index is -0.148. The molecule has 2 saturated heterocycles. The van der Waals surface area contributed by atoms with Crippen LogP contribution < -0.4 is 5.32 Å². The minimum absolute atomic E-state index is 0.148. The number of aliphatic hydroxyl groups is 1. The van der Waals surface area contributed by atoms with E-state index in [9.17, 15) is 5.11 Å². The molecule has 3 atom stereocenters. The summed E-state index contributed by atoms with van der Waals surface area (Å²) >= 11 is 0. The summed E-state index contributed by atoms with van der Waals surface area (Å²) in [6, 6.07) is 0.924. The molecule has 2 fully saturated rings. The Hall–Kier alpha value is -0.120. The number of nitrogens with zero attached hydrogens (tertiary/aromatic N) is 1. The molecular formula is C8H16N2O. The fourth-order valence-electron chi connectivity index (χ4n) is 2.48. The lowest BCUT2D eigenvalue weighted by Gasteiger charge is -2.19. The molecule has 0 radical (unpaired) electrons. The van der Waals surface area contributed by atoms with Gasteiger partial charge in [-0.15, -0.1) is 0 Å². The first-order chi connectivity index (χ1) is 5.33. The average Bonchev–Trinajstić information content (AvgIpc) is 2.46. The molecule has 0 bridgehead atoms. The van der Waals surface area contributed by atoms with Crippen LogP contribution in [0.1, 0.15) is 12.8 Å². The van der Waals surface area contributed by atoms with Gasteiger partial charge in [-0.05, 0) is 26.4 Å². The molecule has 2 aliphatic heterocycles. The fourth-order valence-corrected chi connectivity index (χ4v) is 2.48.